The molecule has 0 heterocycles. The second kappa shape index (κ2) is 2.24. The molecule has 11 heavy (non-hydrogen) atoms. The van der Waals surface area contributed by atoms with Gasteiger partial charge in [0.15, 0.2) is 0 Å². The largest absolute Gasteiger partial charge is 0.0620 e. The highest BCUT2D eigenvalue weighted by Gasteiger charge is 2.45. The Bertz CT molecular complexity index is 147. The standard InChI is InChI=1S/C11H20/c1-8-4-5-9-6-10(7-9)11(8,2)3/h8-10H,4-7H2,1-3H3. The highest BCUT2D eigenvalue weighted by molar-refractivity contribution is 4.95. The first-order valence-electron chi connectivity index (χ1n) is 5.10. The van der Waals surface area contributed by atoms with E-state index in [2.05, 4.69) is 20.8 Å². The zero-order chi connectivity index (χ0) is 8.06. The van der Waals surface area contributed by atoms with Crippen LogP contribution in [-0.4, -0.2) is 0 Å². The van der Waals surface area contributed by atoms with Crippen molar-refractivity contribution >= 4 is 0 Å². The first-order valence-corrected chi connectivity index (χ1v) is 5.10. The lowest BCUT2D eigenvalue weighted by Crippen LogP contribution is -2.35. The van der Waals surface area contributed by atoms with Crippen LogP contribution in [-0.2, 0) is 0 Å². The molecular weight excluding hydrogens is 132 g/mol. The maximum atomic E-state index is 2.48. The molecular formula is C11H20. The van der Waals surface area contributed by atoms with E-state index >= 15 is 0 Å². The molecule has 0 aromatic heterocycles. The van der Waals surface area contributed by atoms with Crippen molar-refractivity contribution in [1.82, 2.24) is 0 Å². The van der Waals surface area contributed by atoms with Gasteiger partial charge in [0.1, 0.15) is 0 Å². The van der Waals surface area contributed by atoms with Crippen LogP contribution in [0.1, 0.15) is 46.5 Å². The molecule has 3 rings (SSSR count). The highest BCUT2D eigenvalue weighted by Crippen LogP contribution is 2.55. The Morgan fingerprint density at radius 3 is 2.36 bits per heavy atom. The molecule has 0 aromatic carbocycles. The van der Waals surface area contributed by atoms with Gasteiger partial charge in [-0.15, -0.1) is 0 Å². The zero-order valence-corrected chi connectivity index (χ0v) is 8.06. The molecule has 0 amide bonds. The van der Waals surface area contributed by atoms with Crippen molar-refractivity contribution < 1.29 is 0 Å². The van der Waals surface area contributed by atoms with Gasteiger partial charge in [0, 0.05) is 0 Å². The molecule has 0 N–H and O–H groups in total. The van der Waals surface area contributed by atoms with Gasteiger partial charge in [-0.25, -0.2) is 0 Å². The maximum absolute atomic E-state index is 2.48. The average molecular weight is 152 g/mol. The summed E-state index contributed by atoms with van der Waals surface area (Å²) >= 11 is 0. The van der Waals surface area contributed by atoms with E-state index in [-0.39, 0.29) is 0 Å². The van der Waals surface area contributed by atoms with E-state index in [1.165, 1.54) is 25.7 Å². The van der Waals surface area contributed by atoms with Crippen LogP contribution in [0.25, 0.3) is 0 Å². The molecule has 3 aliphatic rings. The number of fused-ring (bicyclic) bond motifs is 3. The van der Waals surface area contributed by atoms with Crippen molar-refractivity contribution in [3.8, 4) is 0 Å². The first kappa shape index (κ1) is 7.64. The van der Waals surface area contributed by atoms with E-state index in [1.807, 2.05) is 0 Å². The van der Waals surface area contributed by atoms with E-state index in [9.17, 15) is 0 Å². The first-order chi connectivity index (χ1) is 5.10. The predicted octanol–water partition coefficient (Wildman–Crippen LogP) is 3.47. The van der Waals surface area contributed by atoms with Crippen molar-refractivity contribution in [2.45, 2.75) is 46.5 Å². The lowest BCUT2D eigenvalue weighted by atomic mass is 9.61. The van der Waals surface area contributed by atoms with E-state index < -0.39 is 0 Å². The van der Waals surface area contributed by atoms with Gasteiger partial charge < -0.3 is 0 Å². The van der Waals surface area contributed by atoms with E-state index in [1.54, 1.807) is 0 Å². The number of hydrogen-bond donors (Lipinski definition) is 0. The molecule has 64 valence electrons. The minimum atomic E-state index is 0.646. The molecule has 0 saturated heterocycles. The van der Waals surface area contributed by atoms with Crippen LogP contribution in [0.2, 0.25) is 0 Å². The fourth-order valence-corrected chi connectivity index (χ4v) is 2.84. The molecule has 0 spiro atoms. The van der Waals surface area contributed by atoms with Crippen LogP contribution < -0.4 is 0 Å². The summed E-state index contributed by atoms with van der Waals surface area (Å²) in [6.07, 6.45) is 6.07. The van der Waals surface area contributed by atoms with Gasteiger partial charge in [-0.2, -0.15) is 0 Å². The molecule has 0 aromatic rings. The number of rotatable bonds is 0. The summed E-state index contributed by atoms with van der Waals surface area (Å²) in [6, 6.07) is 0. The summed E-state index contributed by atoms with van der Waals surface area (Å²) in [7, 11) is 0. The normalized spacial score (nSPS) is 47.7. The minimum Gasteiger partial charge on any atom is -0.0620 e. The summed E-state index contributed by atoms with van der Waals surface area (Å²) in [5.41, 5.74) is 0.646. The molecule has 2 bridgehead atoms. The molecule has 0 heteroatoms. The zero-order valence-electron chi connectivity index (χ0n) is 8.06. The molecule has 1 unspecified atom stereocenters. The Kier molecular flexibility index (Phi) is 1.56. The van der Waals surface area contributed by atoms with Crippen LogP contribution in [0.4, 0.5) is 0 Å². The molecule has 3 aliphatic carbocycles. The molecule has 0 radical (unpaired) electrons. The summed E-state index contributed by atoms with van der Waals surface area (Å²) in [6.45, 7) is 7.40. The fraction of sp³-hybridized carbons (Fsp3) is 1.00. The lowest BCUT2D eigenvalue weighted by Gasteiger charge is -2.44. The van der Waals surface area contributed by atoms with E-state index in [4.69, 9.17) is 0 Å². The third kappa shape index (κ3) is 1.02. The van der Waals surface area contributed by atoms with Gasteiger partial charge in [0.05, 0.1) is 0 Å². The maximum Gasteiger partial charge on any atom is -0.0300 e. The topological polar surface area (TPSA) is 0 Å². The molecule has 0 aliphatic heterocycles. The Balaban J connectivity index is 2.16. The van der Waals surface area contributed by atoms with Crippen LogP contribution in [0.5, 0.6) is 0 Å². The second-order valence-electron chi connectivity index (χ2n) is 5.33. The van der Waals surface area contributed by atoms with Crippen molar-refractivity contribution in [2.24, 2.45) is 23.2 Å². The average Bonchev–Trinajstić information content (AvgIpc) is 1.95. The smallest absolute Gasteiger partial charge is 0.0300 e. The lowest BCUT2D eigenvalue weighted by molar-refractivity contribution is 0.0564. The van der Waals surface area contributed by atoms with E-state index in [0.717, 1.165) is 17.8 Å². The third-order valence-electron chi connectivity index (χ3n) is 4.57. The Morgan fingerprint density at radius 1 is 1.09 bits per heavy atom. The van der Waals surface area contributed by atoms with Gasteiger partial charge >= 0.3 is 0 Å². The Labute approximate surface area is 70.4 Å². The van der Waals surface area contributed by atoms with Crippen LogP contribution >= 0.6 is 0 Å². The van der Waals surface area contributed by atoms with Crippen LogP contribution in [0, 0.1) is 23.2 Å². The van der Waals surface area contributed by atoms with Crippen LogP contribution in [0.15, 0.2) is 0 Å². The minimum absolute atomic E-state index is 0.646. The third-order valence-corrected chi connectivity index (χ3v) is 4.57. The van der Waals surface area contributed by atoms with Crippen molar-refractivity contribution in [3.05, 3.63) is 0 Å². The molecule has 3 saturated carbocycles. The predicted molar refractivity (Wildman–Crippen MR) is 48.4 cm³/mol. The van der Waals surface area contributed by atoms with Crippen molar-refractivity contribution in [3.63, 3.8) is 0 Å². The summed E-state index contributed by atoms with van der Waals surface area (Å²) in [4.78, 5) is 0. The molecule has 1 atom stereocenters. The molecule has 0 nitrogen and oxygen atoms in total. The van der Waals surface area contributed by atoms with Gasteiger partial charge in [-0.1, -0.05) is 27.2 Å². The fourth-order valence-electron chi connectivity index (χ4n) is 2.84. The van der Waals surface area contributed by atoms with Crippen molar-refractivity contribution in [1.29, 1.82) is 0 Å². The molecule has 3 fully saturated rings. The quantitative estimate of drug-likeness (QED) is 0.498. The van der Waals surface area contributed by atoms with Crippen molar-refractivity contribution in [2.75, 3.05) is 0 Å². The summed E-state index contributed by atoms with van der Waals surface area (Å²) in [5, 5.41) is 0. The van der Waals surface area contributed by atoms with Gasteiger partial charge in [-0.3, -0.25) is 0 Å². The highest BCUT2D eigenvalue weighted by atomic mass is 14.5. The second-order valence-corrected chi connectivity index (χ2v) is 5.33. The Morgan fingerprint density at radius 2 is 1.73 bits per heavy atom. The monoisotopic (exact) mass is 152 g/mol. The van der Waals surface area contributed by atoms with Gasteiger partial charge in [0.25, 0.3) is 0 Å². The van der Waals surface area contributed by atoms with Gasteiger partial charge in [0.2, 0.25) is 0 Å². The number of hydrogen-bond acceptors (Lipinski definition) is 0. The van der Waals surface area contributed by atoms with Crippen LogP contribution in [0.3, 0.4) is 0 Å². The van der Waals surface area contributed by atoms with E-state index in [0.29, 0.717) is 5.41 Å². The summed E-state index contributed by atoms with van der Waals surface area (Å²) in [5.74, 6) is 3.13. The van der Waals surface area contributed by atoms with Gasteiger partial charge in [-0.05, 0) is 42.4 Å². The Hall–Kier alpha value is 0. The summed E-state index contributed by atoms with van der Waals surface area (Å²) < 4.78 is 0. The SMILES string of the molecule is CC1CCC2CC(C2)C1(C)C.